The van der Waals surface area contributed by atoms with Crippen LogP contribution in [0.2, 0.25) is 0 Å². The van der Waals surface area contributed by atoms with E-state index < -0.39 is 5.23 Å². The zero-order chi connectivity index (χ0) is 10.3. The van der Waals surface area contributed by atoms with Gasteiger partial charge in [-0.05, 0) is 28.9 Å². The van der Waals surface area contributed by atoms with Crippen molar-refractivity contribution in [3.63, 3.8) is 0 Å². The van der Waals surface area contributed by atoms with Crippen molar-refractivity contribution in [3.05, 3.63) is 21.3 Å². The van der Waals surface area contributed by atoms with Crippen molar-refractivity contribution in [2.24, 2.45) is 0 Å². The van der Waals surface area contributed by atoms with E-state index in [0.29, 0.717) is 16.6 Å². The third-order valence-electron chi connectivity index (χ3n) is 1.90. The number of benzene rings is 1. The quantitative estimate of drug-likeness (QED) is 0.767. The number of aryl methyl sites for hydroxylation is 1. The minimum atomic E-state index is -0.965. The van der Waals surface area contributed by atoms with Crippen molar-refractivity contribution in [2.45, 2.75) is 6.92 Å². The minimum absolute atomic E-state index is 0.233. The molecule has 0 bridgehead atoms. The third kappa shape index (κ3) is 1.43. The second-order valence-corrected chi connectivity index (χ2v) is 4.20. The molecule has 1 aromatic heterocycles. The molecule has 1 unspecified atom stereocenters. The molecule has 2 N–H and O–H groups in total. The molecule has 0 radical (unpaired) electrons. The number of nitrogens with zero attached hydrogens (tertiary/aromatic N) is 2. The Hall–Kier alpha value is -0.600. The lowest BCUT2D eigenvalue weighted by molar-refractivity contribution is -0.990. The van der Waals surface area contributed by atoms with Crippen LogP contribution in [0.1, 0.15) is 5.56 Å². The van der Waals surface area contributed by atoms with E-state index >= 15 is 0 Å². The number of halogens is 1. The summed E-state index contributed by atoms with van der Waals surface area (Å²) in [6, 6.07) is 1.74. The molecular weight excluding hydrogens is 270 g/mol. The molecule has 1 atom stereocenters. The summed E-state index contributed by atoms with van der Waals surface area (Å²) in [4.78, 5) is 0. The van der Waals surface area contributed by atoms with Crippen LogP contribution < -0.4 is 5.23 Å². The van der Waals surface area contributed by atoms with Crippen molar-refractivity contribution in [3.8, 4) is 0 Å². The molecule has 7 heteroatoms. The normalized spacial score (nSPS) is 13.4. The fourth-order valence-electron chi connectivity index (χ4n) is 1.30. The largest absolute Gasteiger partial charge is 0.595 e. The number of fused-ring (bicyclic) bond motifs is 1. The molecule has 0 aliphatic rings. The zero-order valence-electron chi connectivity index (χ0n) is 7.11. The average Bonchev–Trinajstić information content (AvgIpc) is 2.51. The van der Waals surface area contributed by atoms with Gasteiger partial charge in [0.05, 0.1) is 11.7 Å². The highest BCUT2D eigenvalue weighted by atomic mass is 79.9. The Kier molecular flexibility index (Phi) is 2.50. The van der Waals surface area contributed by atoms with Crippen molar-refractivity contribution >= 4 is 44.4 Å². The summed E-state index contributed by atoms with van der Waals surface area (Å²) in [5.41, 5.74) is 1.98. The monoisotopic (exact) mass is 275 g/mol. The van der Waals surface area contributed by atoms with Gasteiger partial charge in [-0.25, -0.2) is 5.21 Å². The van der Waals surface area contributed by atoms with Crippen molar-refractivity contribution < 1.29 is 10.4 Å². The van der Waals surface area contributed by atoms with E-state index in [-0.39, 0.29) is 5.69 Å². The molecule has 0 fully saturated rings. The SMILES string of the molecule is Cc1cc(Br)c2nsnc2c1[NH+]([O-])O. The van der Waals surface area contributed by atoms with Gasteiger partial charge in [0.1, 0.15) is 5.52 Å². The molecule has 0 amide bonds. The van der Waals surface area contributed by atoms with Gasteiger partial charge in [-0.3, -0.25) is 0 Å². The highest BCUT2D eigenvalue weighted by Crippen LogP contribution is 2.29. The molecule has 2 aromatic rings. The van der Waals surface area contributed by atoms with E-state index in [1.165, 1.54) is 0 Å². The number of aromatic nitrogens is 2. The maximum absolute atomic E-state index is 11.0. The van der Waals surface area contributed by atoms with Crippen molar-refractivity contribution in [1.82, 2.24) is 8.75 Å². The molecule has 0 aliphatic carbocycles. The summed E-state index contributed by atoms with van der Waals surface area (Å²) in [7, 11) is 0. The average molecular weight is 276 g/mol. The van der Waals surface area contributed by atoms with Gasteiger partial charge in [-0.15, -0.1) is 0 Å². The number of hydrogen-bond donors (Lipinski definition) is 2. The fraction of sp³-hybridized carbons (Fsp3) is 0.143. The van der Waals surface area contributed by atoms with Gasteiger partial charge < -0.3 is 5.21 Å². The summed E-state index contributed by atoms with van der Waals surface area (Å²) in [6.07, 6.45) is 0. The molecule has 74 valence electrons. The topological polar surface area (TPSA) is 73.5 Å². The molecule has 1 heterocycles. The number of rotatable bonds is 1. The van der Waals surface area contributed by atoms with E-state index in [1.807, 2.05) is 0 Å². The first-order valence-corrected chi connectivity index (χ1v) is 5.28. The molecule has 2 rings (SSSR count). The summed E-state index contributed by atoms with van der Waals surface area (Å²) in [6.45, 7) is 1.74. The van der Waals surface area contributed by atoms with E-state index in [2.05, 4.69) is 24.7 Å². The Morgan fingerprint density at radius 2 is 2.14 bits per heavy atom. The lowest BCUT2D eigenvalue weighted by atomic mass is 10.2. The molecule has 5 nitrogen and oxygen atoms in total. The summed E-state index contributed by atoms with van der Waals surface area (Å²) in [5.74, 6) is 0. The van der Waals surface area contributed by atoms with Gasteiger partial charge in [-0.1, -0.05) is 0 Å². The zero-order valence-corrected chi connectivity index (χ0v) is 9.52. The van der Waals surface area contributed by atoms with E-state index in [0.717, 1.165) is 16.2 Å². The van der Waals surface area contributed by atoms with Gasteiger partial charge in [0, 0.05) is 10.0 Å². The first kappa shape index (κ1) is 9.94. The molecule has 0 saturated carbocycles. The summed E-state index contributed by atoms with van der Waals surface area (Å²) in [5, 5.41) is 19.0. The number of quaternary nitrogens is 1. The van der Waals surface area contributed by atoms with E-state index in [9.17, 15) is 5.21 Å². The maximum Gasteiger partial charge on any atom is 0.196 e. The third-order valence-corrected chi connectivity index (χ3v) is 3.04. The van der Waals surface area contributed by atoms with Crippen LogP contribution in [-0.4, -0.2) is 14.0 Å². The van der Waals surface area contributed by atoms with Crippen LogP contribution in [-0.2, 0) is 0 Å². The van der Waals surface area contributed by atoms with Crippen LogP contribution in [0.15, 0.2) is 10.5 Å². The Labute approximate surface area is 92.0 Å². The molecule has 0 saturated heterocycles. The molecule has 0 spiro atoms. The number of nitrogens with one attached hydrogen (secondary N) is 1. The number of hydrogen-bond acceptors (Lipinski definition) is 5. The molecule has 1 aromatic carbocycles. The van der Waals surface area contributed by atoms with Crippen LogP contribution in [0.5, 0.6) is 0 Å². The van der Waals surface area contributed by atoms with Crippen LogP contribution in [0.4, 0.5) is 5.69 Å². The highest BCUT2D eigenvalue weighted by molar-refractivity contribution is 9.10. The van der Waals surface area contributed by atoms with Crippen molar-refractivity contribution in [1.29, 1.82) is 0 Å². The van der Waals surface area contributed by atoms with Crippen LogP contribution in [0, 0.1) is 12.1 Å². The standard InChI is InChI=1S/C7H6BrN3O2S/c1-3-2-4(8)5-6(10-14-9-5)7(3)11(12)13/h2,11-12H,1H3. The van der Waals surface area contributed by atoms with E-state index in [4.69, 9.17) is 5.21 Å². The van der Waals surface area contributed by atoms with Gasteiger partial charge in [0.25, 0.3) is 0 Å². The first-order valence-electron chi connectivity index (χ1n) is 3.76. The van der Waals surface area contributed by atoms with Gasteiger partial charge >= 0.3 is 0 Å². The Morgan fingerprint density at radius 1 is 1.50 bits per heavy atom. The first-order chi connectivity index (χ1) is 6.61. The van der Waals surface area contributed by atoms with Gasteiger partial charge in [0.2, 0.25) is 0 Å². The molecule has 14 heavy (non-hydrogen) atoms. The second kappa shape index (κ2) is 3.52. The maximum atomic E-state index is 11.0. The highest BCUT2D eigenvalue weighted by Gasteiger charge is 2.17. The smallest absolute Gasteiger partial charge is 0.196 e. The summed E-state index contributed by atoms with van der Waals surface area (Å²) >= 11 is 4.34. The fourth-order valence-corrected chi connectivity index (χ4v) is 2.60. The molecule has 0 aliphatic heterocycles. The second-order valence-electron chi connectivity index (χ2n) is 2.82. The Morgan fingerprint density at radius 3 is 2.79 bits per heavy atom. The van der Waals surface area contributed by atoms with Gasteiger partial charge in [-0.2, -0.15) is 14.0 Å². The summed E-state index contributed by atoms with van der Waals surface area (Å²) < 4.78 is 8.79. The predicted molar refractivity (Wildman–Crippen MR) is 55.6 cm³/mol. The molecular formula is C7H6BrN3O2S. The minimum Gasteiger partial charge on any atom is -0.595 e. The van der Waals surface area contributed by atoms with Crippen LogP contribution in [0.25, 0.3) is 11.0 Å². The van der Waals surface area contributed by atoms with E-state index in [1.54, 1.807) is 13.0 Å². The lowest BCUT2D eigenvalue weighted by Gasteiger charge is -2.14. The van der Waals surface area contributed by atoms with Crippen LogP contribution >= 0.6 is 27.7 Å². The predicted octanol–water partition coefficient (Wildman–Crippen LogP) is 1.17. The Balaban J connectivity index is 2.86. The van der Waals surface area contributed by atoms with Gasteiger partial charge in [0.15, 0.2) is 11.2 Å². The Bertz CT molecular complexity index is 485. The van der Waals surface area contributed by atoms with Crippen molar-refractivity contribution in [2.75, 3.05) is 0 Å². The lowest BCUT2D eigenvalue weighted by Crippen LogP contribution is -2.99. The van der Waals surface area contributed by atoms with Crippen LogP contribution in [0.3, 0.4) is 0 Å².